The number of nitrogens with one attached hydrogen (secondary N) is 1. The molecule has 1 saturated heterocycles. The third-order valence-corrected chi connectivity index (χ3v) is 4.86. The molecule has 3 rings (SSSR count). The normalized spacial score (nSPS) is 19.0. The van der Waals surface area contributed by atoms with Gasteiger partial charge in [0.25, 0.3) is 5.91 Å². The molecule has 1 aliphatic rings. The largest absolute Gasteiger partial charge is 0.478 e. The Balaban J connectivity index is 1.86. The highest BCUT2D eigenvalue weighted by molar-refractivity contribution is 6.04. The first kappa shape index (κ1) is 18.6. The lowest BCUT2D eigenvalue weighted by molar-refractivity contribution is -0.124. The Morgan fingerprint density at radius 3 is 2.48 bits per heavy atom. The van der Waals surface area contributed by atoms with Gasteiger partial charge >= 0.3 is 5.97 Å². The van der Waals surface area contributed by atoms with Crippen molar-refractivity contribution in [1.82, 2.24) is 4.90 Å². The van der Waals surface area contributed by atoms with Crippen LogP contribution in [0.5, 0.6) is 0 Å². The molecule has 2 amide bonds. The smallest absolute Gasteiger partial charge is 0.335 e. The van der Waals surface area contributed by atoms with Gasteiger partial charge in [0.05, 0.1) is 11.3 Å². The Morgan fingerprint density at radius 2 is 1.81 bits per heavy atom. The third-order valence-electron chi connectivity index (χ3n) is 4.86. The molecule has 0 saturated carbocycles. The second kappa shape index (κ2) is 7.19. The molecule has 1 atom stereocenters. The lowest BCUT2D eigenvalue weighted by Crippen LogP contribution is -2.53. The number of carbonyl (C=O) groups excluding carboxylic acids is 2. The van der Waals surface area contributed by atoms with Crippen LogP contribution in [0.2, 0.25) is 0 Å². The number of carboxylic acids is 1. The Kier molecular flexibility index (Phi) is 4.94. The van der Waals surface area contributed by atoms with Crippen LogP contribution in [0.1, 0.15) is 40.5 Å². The zero-order valence-corrected chi connectivity index (χ0v) is 14.7. The first-order valence-electron chi connectivity index (χ1n) is 8.54. The maximum atomic E-state index is 14.0. The van der Waals surface area contributed by atoms with Crippen molar-refractivity contribution in [2.45, 2.75) is 25.3 Å². The molecule has 27 heavy (non-hydrogen) atoms. The van der Waals surface area contributed by atoms with Crippen LogP contribution in [-0.2, 0) is 4.79 Å². The van der Waals surface area contributed by atoms with Gasteiger partial charge in [0.2, 0.25) is 5.91 Å². The summed E-state index contributed by atoms with van der Waals surface area (Å²) in [5.41, 5.74) is -1.04. The summed E-state index contributed by atoms with van der Waals surface area (Å²) >= 11 is 0. The summed E-state index contributed by atoms with van der Waals surface area (Å²) in [4.78, 5) is 38.3. The van der Waals surface area contributed by atoms with Crippen molar-refractivity contribution in [3.63, 3.8) is 0 Å². The highest BCUT2D eigenvalue weighted by Crippen LogP contribution is 2.32. The van der Waals surface area contributed by atoms with E-state index in [9.17, 15) is 18.8 Å². The Hall–Kier alpha value is -3.22. The van der Waals surface area contributed by atoms with Crippen molar-refractivity contribution in [3.8, 4) is 0 Å². The number of hydrogen-bond donors (Lipinski definition) is 2. The van der Waals surface area contributed by atoms with Gasteiger partial charge in [-0.05, 0) is 50.1 Å². The van der Waals surface area contributed by atoms with Crippen molar-refractivity contribution in [2.24, 2.45) is 0 Å². The van der Waals surface area contributed by atoms with E-state index in [-0.39, 0.29) is 17.2 Å². The van der Waals surface area contributed by atoms with Gasteiger partial charge in [0.1, 0.15) is 11.4 Å². The summed E-state index contributed by atoms with van der Waals surface area (Å²) in [7, 11) is 0. The van der Waals surface area contributed by atoms with E-state index < -0.39 is 23.2 Å². The van der Waals surface area contributed by atoms with Gasteiger partial charge in [-0.25, -0.2) is 9.18 Å². The molecule has 0 bridgehead atoms. The molecule has 6 nitrogen and oxygen atoms in total. The predicted octanol–water partition coefficient (Wildman–Crippen LogP) is 3.16. The zero-order valence-electron chi connectivity index (χ0n) is 14.7. The molecule has 1 heterocycles. The maximum Gasteiger partial charge on any atom is 0.335 e. The molecule has 0 spiro atoms. The molecule has 1 fully saturated rings. The van der Waals surface area contributed by atoms with E-state index in [0.29, 0.717) is 24.9 Å². The lowest BCUT2D eigenvalue weighted by Gasteiger charge is -2.34. The molecule has 7 heteroatoms. The number of likely N-dealkylation sites (tertiary alicyclic amines) is 1. The van der Waals surface area contributed by atoms with Gasteiger partial charge in [-0.1, -0.05) is 18.2 Å². The van der Waals surface area contributed by atoms with E-state index in [1.807, 2.05) is 0 Å². The fourth-order valence-corrected chi connectivity index (χ4v) is 3.27. The molecule has 0 aliphatic carbocycles. The number of anilines is 1. The van der Waals surface area contributed by atoms with E-state index in [4.69, 9.17) is 5.11 Å². The molecule has 0 radical (unpaired) electrons. The van der Waals surface area contributed by atoms with Gasteiger partial charge in [0, 0.05) is 12.1 Å². The number of aromatic carboxylic acids is 1. The Morgan fingerprint density at radius 1 is 1.11 bits per heavy atom. The highest BCUT2D eigenvalue weighted by Gasteiger charge is 2.46. The molecule has 2 aromatic rings. The van der Waals surface area contributed by atoms with Crippen LogP contribution in [0.15, 0.2) is 48.5 Å². The average molecular weight is 370 g/mol. The number of rotatable bonds is 4. The zero-order chi connectivity index (χ0) is 19.6. The minimum absolute atomic E-state index is 0.138. The molecule has 1 unspecified atom stereocenters. The standard InChI is InChI=1S/C20H19FN2O4/c1-20(10-5-11-23(20)17(24)13-6-3-2-4-7-13)19(27)22-16-12-14(18(25)26)8-9-15(16)21/h2-4,6-9,12H,5,10-11H2,1H3,(H,22,27)(H,25,26). The predicted molar refractivity (Wildman–Crippen MR) is 97.1 cm³/mol. The molecule has 140 valence electrons. The van der Waals surface area contributed by atoms with Gasteiger partial charge < -0.3 is 15.3 Å². The van der Waals surface area contributed by atoms with Crippen LogP contribution in [0, 0.1) is 5.82 Å². The summed E-state index contributed by atoms with van der Waals surface area (Å²) < 4.78 is 14.0. The summed E-state index contributed by atoms with van der Waals surface area (Å²) in [6.07, 6.45) is 1.07. The highest BCUT2D eigenvalue weighted by atomic mass is 19.1. The van der Waals surface area contributed by atoms with Crippen molar-refractivity contribution >= 4 is 23.5 Å². The monoisotopic (exact) mass is 370 g/mol. The van der Waals surface area contributed by atoms with Gasteiger partial charge in [0.15, 0.2) is 0 Å². The van der Waals surface area contributed by atoms with Crippen molar-refractivity contribution in [3.05, 3.63) is 65.5 Å². The number of carboxylic acid groups (broad SMARTS) is 1. The van der Waals surface area contributed by atoms with Crippen LogP contribution < -0.4 is 5.32 Å². The number of halogens is 1. The first-order valence-corrected chi connectivity index (χ1v) is 8.54. The quantitative estimate of drug-likeness (QED) is 0.866. The number of amides is 2. The van der Waals surface area contributed by atoms with Gasteiger partial charge in [-0.3, -0.25) is 9.59 Å². The number of hydrogen-bond acceptors (Lipinski definition) is 3. The number of benzene rings is 2. The van der Waals surface area contributed by atoms with Gasteiger partial charge in [-0.15, -0.1) is 0 Å². The minimum Gasteiger partial charge on any atom is -0.478 e. The maximum absolute atomic E-state index is 14.0. The van der Waals surface area contributed by atoms with Crippen LogP contribution in [0.3, 0.4) is 0 Å². The first-order chi connectivity index (χ1) is 12.8. The van der Waals surface area contributed by atoms with Crippen molar-refractivity contribution in [1.29, 1.82) is 0 Å². The second-order valence-corrected chi connectivity index (χ2v) is 6.65. The molecular weight excluding hydrogens is 351 g/mol. The Bertz CT molecular complexity index is 900. The van der Waals surface area contributed by atoms with Crippen LogP contribution >= 0.6 is 0 Å². The minimum atomic E-state index is -1.22. The molecular formula is C20H19FN2O4. The lowest BCUT2D eigenvalue weighted by atomic mass is 9.96. The number of carbonyl (C=O) groups is 3. The van der Waals surface area contributed by atoms with Crippen LogP contribution in [0.4, 0.5) is 10.1 Å². The summed E-state index contributed by atoms with van der Waals surface area (Å²) in [5.74, 6) is -2.79. The topological polar surface area (TPSA) is 86.7 Å². The van der Waals surface area contributed by atoms with E-state index >= 15 is 0 Å². The molecule has 0 aromatic heterocycles. The van der Waals surface area contributed by atoms with E-state index in [1.54, 1.807) is 37.3 Å². The second-order valence-electron chi connectivity index (χ2n) is 6.65. The van der Waals surface area contributed by atoms with Crippen LogP contribution in [0.25, 0.3) is 0 Å². The SMILES string of the molecule is CC1(C(=O)Nc2cc(C(=O)O)ccc2F)CCCN1C(=O)c1ccccc1. The average Bonchev–Trinajstić information content (AvgIpc) is 3.06. The third kappa shape index (κ3) is 3.53. The Labute approximate surface area is 155 Å². The van der Waals surface area contributed by atoms with E-state index in [1.165, 1.54) is 4.90 Å². The summed E-state index contributed by atoms with van der Waals surface area (Å²) in [6, 6.07) is 11.8. The summed E-state index contributed by atoms with van der Waals surface area (Å²) in [6.45, 7) is 2.05. The van der Waals surface area contributed by atoms with Crippen LogP contribution in [-0.4, -0.2) is 39.9 Å². The molecule has 2 aromatic carbocycles. The van der Waals surface area contributed by atoms with Gasteiger partial charge in [-0.2, -0.15) is 0 Å². The van der Waals surface area contributed by atoms with E-state index in [0.717, 1.165) is 18.2 Å². The van der Waals surface area contributed by atoms with Crippen molar-refractivity contribution < 1.29 is 23.9 Å². The number of nitrogens with zero attached hydrogens (tertiary/aromatic N) is 1. The fourth-order valence-electron chi connectivity index (χ4n) is 3.27. The van der Waals surface area contributed by atoms with Crippen molar-refractivity contribution in [2.75, 3.05) is 11.9 Å². The molecule has 1 aliphatic heterocycles. The van der Waals surface area contributed by atoms with E-state index in [2.05, 4.69) is 5.32 Å². The fraction of sp³-hybridized carbons (Fsp3) is 0.250. The molecule has 2 N–H and O–H groups in total. The summed E-state index contributed by atoms with van der Waals surface area (Å²) in [5, 5.41) is 11.5.